The van der Waals surface area contributed by atoms with Gasteiger partial charge in [0.1, 0.15) is 16.2 Å². The Balaban J connectivity index is 1.08. The van der Waals surface area contributed by atoms with Crippen LogP contribution in [0.3, 0.4) is 0 Å². The summed E-state index contributed by atoms with van der Waals surface area (Å²) in [7, 11) is 0. The number of benzene rings is 1. The second kappa shape index (κ2) is 9.44. The summed E-state index contributed by atoms with van der Waals surface area (Å²) < 4.78 is 14.7. The average Bonchev–Trinajstić information content (AvgIpc) is 3.55. The van der Waals surface area contributed by atoms with Gasteiger partial charge in [-0.25, -0.2) is 4.39 Å². The molecular weight excluding hydrogens is 477 g/mol. The highest BCUT2D eigenvalue weighted by Gasteiger charge is 2.33. The van der Waals surface area contributed by atoms with E-state index in [-0.39, 0.29) is 22.8 Å². The largest absolute Gasteiger partial charge is 0.367 e. The summed E-state index contributed by atoms with van der Waals surface area (Å²) >= 11 is 5.58. The second-order valence-corrected chi connectivity index (χ2v) is 10.7. The van der Waals surface area contributed by atoms with Gasteiger partial charge in [0.25, 0.3) is 11.5 Å². The minimum absolute atomic E-state index is 0.0892. The van der Waals surface area contributed by atoms with Gasteiger partial charge in [-0.1, -0.05) is 24.4 Å². The molecule has 3 aromatic rings. The van der Waals surface area contributed by atoms with Crippen LogP contribution in [-0.2, 0) is 0 Å². The van der Waals surface area contributed by atoms with Crippen LogP contribution in [-0.4, -0.2) is 59.0 Å². The van der Waals surface area contributed by atoms with E-state index < -0.39 is 5.82 Å². The number of aromatic amines is 2. The molecule has 3 N–H and O–H groups in total. The van der Waals surface area contributed by atoms with Crippen molar-refractivity contribution in [2.45, 2.75) is 50.1 Å². The number of rotatable bonds is 5. The number of halogens is 1. The number of fused-ring (bicyclic) bond motifs is 1. The average molecular weight is 508 g/mol. The number of aromatic nitrogens is 2. The SMILES string of the molecule is O=C(NC1CC1)c1ccc(N2CCN([C@H]3CC[C@@H](c4cc5cccc(F)c5c(=O)[nH]4)C3)CC2)c(=S)[nH]1. The van der Waals surface area contributed by atoms with E-state index in [1.54, 1.807) is 12.1 Å². The van der Waals surface area contributed by atoms with E-state index in [1.807, 2.05) is 18.2 Å². The van der Waals surface area contributed by atoms with Crippen LogP contribution in [0, 0.1) is 10.5 Å². The maximum Gasteiger partial charge on any atom is 0.267 e. The Morgan fingerprint density at radius 2 is 1.83 bits per heavy atom. The molecule has 1 saturated heterocycles. The number of carbonyl (C=O) groups excluding carboxylic acids is 1. The van der Waals surface area contributed by atoms with E-state index >= 15 is 0 Å². The third-order valence-electron chi connectivity index (χ3n) is 7.90. The Bertz CT molecular complexity index is 1420. The maximum absolute atomic E-state index is 14.1. The van der Waals surface area contributed by atoms with Gasteiger partial charge < -0.3 is 20.2 Å². The predicted octanol–water partition coefficient (Wildman–Crippen LogP) is 4.08. The van der Waals surface area contributed by atoms with Crippen LogP contribution in [0.2, 0.25) is 0 Å². The van der Waals surface area contributed by atoms with E-state index in [9.17, 15) is 14.0 Å². The van der Waals surface area contributed by atoms with Gasteiger partial charge in [-0.15, -0.1) is 0 Å². The lowest BCUT2D eigenvalue weighted by Crippen LogP contribution is -2.50. The molecule has 3 aliphatic rings. The van der Waals surface area contributed by atoms with Crippen LogP contribution in [0.5, 0.6) is 0 Å². The Morgan fingerprint density at radius 1 is 1.03 bits per heavy atom. The normalized spacial score (nSPS) is 22.8. The van der Waals surface area contributed by atoms with Crippen molar-refractivity contribution in [2.24, 2.45) is 0 Å². The molecule has 0 bridgehead atoms. The highest BCUT2D eigenvalue weighted by atomic mass is 32.1. The molecule has 1 amide bonds. The lowest BCUT2D eigenvalue weighted by atomic mass is 10.00. The monoisotopic (exact) mass is 507 g/mol. The van der Waals surface area contributed by atoms with Crippen molar-refractivity contribution in [1.29, 1.82) is 0 Å². The van der Waals surface area contributed by atoms with Gasteiger partial charge >= 0.3 is 0 Å². The molecule has 188 valence electrons. The minimum Gasteiger partial charge on any atom is -0.367 e. The van der Waals surface area contributed by atoms with Crippen molar-refractivity contribution in [1.82, 2.24) is 20.2 Å². The standard InChI is InChI=1S/C27H30FN5O2S/c28-20-3-1-2-17-15-22(30-26(35)24(17)20)16-4-7-19(14-16)32-10-12-33(13-11-32)23-9-8-21(31-27(23)36)25(34)29-18-5-6-18/h1-3,8-9,15-16,18-19H,4-7,10-14H2,(H,29,34)(H,30,35)(H,31,36)/t16-,19+/m1/s1. The molecular formula is C27H30FN5O2S. The smallest absolute Gasteiger partial charge is 0.267 e. The molecule has 1 aliphatic heterocycles. The molecule has 3 fully saturated rings. The third kappa shape index (κ3) is 4.57. The second-order valence-electron chi connectivity index (χ2n) is 10.3. The van der Waals surface area contributed by atoms with Crippen molar-refractivity contribution in [3.05, 3.63) is 68.6 Å². The van der Waals surface area contributed by atoms with Gasteiger partial charge in [0.05, 0.1) is 11.1 Å². The zero-order valence-electron chi connectivity index (χ0n) is 20.1. The zero-order valence-corrected chi connectivity index (χ0v) is 20.9. The number of amides is 1. The van der Waals surface area contributed by atoms with Crippen molar-refractivity contribution >= 4 is 34.6 Å². The Kier molecular flexibility index (Phi) is 6.13. The van der Waals surface area contributed by atoms with E-state index in [2.05, 4.69) is 25.1 Å². The highest BCUT2D eigenvalue weighted by Crippen LogP contribution is 2.37. The van der Waals surface area contributed by atoms with Gasteiger partial charge in [-0.2, -0.15) is 0 Å². The summed E-state index contributed by atoms with van der Waals surface area (Å²) in [5.74, 6) is -0.288. The number of H-pyrrole nitrogens is 2. The number of nitrogens with zero attached hydrogens (tertiary/aromatic N) is 2. The summed E-state index contributed by atoms with van der Waals surface area (Å²) in [6.45, 7) is 3.63. The number of piperazine rings is 1. The highest BCUT2D eigenvalue weighted by molar-refractivity contribution is 7.71. The van der Waals surface area contributed by atoms with Crippen LogP contribution < -0.4 is 15.8 Å². The van der Waals surface area contributed by atoms with Crippen LogP contribution in [0.25, 0.3) is 10.8 Å². The summed E-state index contributed by atoms with van der Waals surface area (Å²) in [5, 5.41) is 3.80. The number of hydrogen-bond donors (Lipinski definition) is 3. The third-order valence-corrected chi connectivity index (χ3v) is 8.21. The van der Waals surface area contributed by atoms with Crippen molar-refractivity contribution in [3.8, 4) is 0 Å². The fourth-order valence-corrected chi connectivity index (χ4v) is 6.06. The summed E-state index contributed by atoms with van der Waals surface area (Å²) in [4.78, 5) is 35.7. The molecule has 2 saturated carbocycles. The fourth-order valence-electron chi connectivity index (χ4n) is 5.76. The first-order valence-corrected chi connectivity index (χ1v) is 13.2. The number of nitrogens with one attached hydrogen (secondary N) is 3. The van der Waals surface area contributed by atoms with Gasteiger partial charge in [-0.05, 0) is 61.8 Å². The molecule has 0 radical (unpaired) electrons. The van der Waals surface area contributed by atoms with Crippen molar-refractivity contribution in [3.63, 3.8) is 0 Å². The van der Waals surface area contributed by atoms with Crippen LogP contribution in [0.4, 0.5) is 10.1 Å². The molecule has 0 unspecified atom stereocenters. The van der Waals surface area contributed by atoms with Gasteiger partial charge in [0, 0.05) is 49.9 Å². The van der Waals surface area contributed by atoms with E-state index in [0.29, 0.717) is 27.8 Å². The first kappa shape index (κ1) is 23.4. The molecule has 6 rings (SSSR count). The molecule has 2 atom stereocenters. The first-order chi connectivity index (χ1) is 17.5. The number of carbonyl (C=O) groups is 1. The molecule has 36 heavy (non-hydrogen) atoms. The van der Waals surface area contributed by atoms with Crippen LogP contribution in [0.1, 0.15) is 54.2 Å². The maximum atomic E-state index is 14.1. The quantitative estimate of drug-likeness (QED) is 0.454. The Labute approximate surface area is 213 Å². The lowest BCUT2D eigenvalue weighted by molar-refractivity contribution is 0.0946. The topological polar surface area (TPSA) is 84.2 Å². The Morgan fingerprint density at radius 3 is 2.58 bits per heavy atom. The minimum atomic E-state index is -0.474. The van der Waals surface area contributed by atoms with E-state index in [0.717, 1.165) is 69.7 Å². The molecule has 9 heteroatoms. The van der Waals surface area contributed by atoms with Crippen molar-refractivity contribution in [2.75, 3.05) is 31.1 Å². The van der Waals surface area contributed by atoms with Gasteiger partial charge in [0.15, 0.2) is 0 Å². The molecule has 7 nitrogen and oxygen atoms in total. The molecule has 2 aliphatic carbocycles. The fraction of sp³-hybridized carbons (Fsp3) is 0.444. The molecule has 2 aromatic heterocycles. The van der Waals surface area contributed by atoms with Gasteiger partial charge in [-0.3, -0.25) is 14.5 Å². The first-order valence-electron chi connectivity index (χ1n) is 12.8. The number of pyridine rings is 2. The Hall–Kier alpha value is -3.04. The van der Waals surface area contributed by atoms with E-state index in [1.165, 1.54) is 6.07 Å². The number of hydrogen-bond acceptors (Lipinski definition) is 5. The lowest BCUT2D eigenvalue weighted by Gasteiger charge is -2.39. The summed E-state index contributed by atoms with van der Waals surface area (Å²) in [6, 6.07) is 11.3. The molecule has 0 spiro atoms. The molecule has 3 heterocycles. The summed E-state index contributed by atoms with van der Waals surface area (Å²) in [6.07, 6.45) is 5.19. The van der Waals surface area contributed by atoms with Crippen LogP contribution in [0.15, 0.2) is 41.2 Å². The molecule has 1 aromatic carbocycles. The van der Waals surface area contributed by atoms with Crippen LogP contribution >= 0.6 is 12.2 Å². The zero-order chi connectivity index (χ0) is 24.8. The summed E-state index contributed by atoms with van der Waals surface area (Å²) in [5.41, 5.74) is 2.06. The predicted molar refractivity (Wildman–Crippen MR) is 141 cm³/mol. The van der Waals surface area contributed by atoms with Crippen molar-refractivity contribution < 1.29 is 9.18 Å². The van der Waals surface area contributed by atoms with E-state index in [4.69, 9.17) is 12.2 Å². The number of anilines is 1. The van der Waals surface area contributed by atoms with Gasteiger partial charge in [0.2, 0.25) is 0 Å².